The molecule has 0 spiro atoms. The van der Waals surface area contributed by atoms with Crippen LogP contribution in [0.15, 0.2) is 0 Å². The second-order valence-corrected chi connectivity index (χ2v) is 6.27. The van der Waals surface area contributed by atoms with E-state index in [9.17, 15) is 9.59 Å². The summed E-state index contributed by atoms with van der Waals surface area (Å²) in [4.78, 5) is 22.8. The van der Waals surface area contributed by atoms with Gasteiger partial charge in [0.1, 0.15) is 0 Å². The molecule has 0 aromatic carbocycles. The van der Waals surface area contributed by atoms with Gasteiger partial charge in [0.25, 0.3) is 0 Å². The van der Waals surface area contributed by atoms with Gasteiger partial charge in [-0.3, -0.25) is 9.59 Å². The van der Waals surface area contributed by atoms with E-state index in [1.807, 2.05) is 13.8 Å². The Hall–Kier alpha value is -1.06. The molecule has 0 radical (unpaired) electrons. The van der Waals surface area contributed by atoms with E-state index in [2.05, 4.69) is 6.92 Å². The monoisotopic (exact) mass is 314 g/mol. The van der Waals surface area contributed by atoms with Crippen LogP contribution in [0.4, 0.5) is 0 Å². The molecule has 0 bridgehead atoms. The minimum absolute atomic E-state index is 0.114. The fourth-order valence-electron chi connectivity index (χ4n) is 2.03. The molecule has 22 heavy (non-hydrogen) atoms. The van der Waals surface area contributed by atoms with Crippen LogP contribution in [0.1, 0.15) is 85.0 Å². The van der Waals surface area contributed by atoms with E-state index in [1.165, 1.54) is 38.5 Å². The van der Waals surface area contributed by atoms with Gasteiger partial charge in [0.05, 0.1) is 26.1 Å². The standard InChI is InChI=1S/C18H34O4/c1-4-5-6-7-8-9-10-11-14-21-17(19)12-13-18(20)22-15-16(2)3/h16H,4-15H2,1-3H3. The molecule has 0 unspecified atom stereocenters. The molecule has 0 rings (SSSR count). The number of rotatable bonds is 14. The normalized spacial score (nSPS) is 10.7. The molecule has 0 atom stereocenters. The van der Waals surface area contributed by atoms with Crippen molar-refractivity contribution in [1.82, 2.24) is 0 Å². The van der Waals surface area contributed by atoms with Gasteiger partial charge in [0, 0.05) is 0 Å². The number of carbonyl (C=O) groups excluding carboxylic acids is 2. The quantitative estimate of drug-likeness (QED) is 0.346. The minimum Gasteiger partial charge on any atom is -0.466 e. The van der Waals surface area contributed by atoms with Gasteiger partial charge >= 0.3 is 11.9 Å². The van der Waals surface area contributed by atoms with Crippen LogP contribution in [-0.4, -0.2) is 25.2 Å². The van der Waals surface area contributed by atoms with Crippen molar-refractivity contribution < 1.29 is 19.1 Å². The first-order valence-electron chi connectivity index (χ1n) is 8.87. The van der Waals surface area contributed by atoms with Crippen molar-refractivity contribution in [2.24, 2.45) is 5.92 Å². The molecule has 0 saturated heterocycles. The number of hydrogen-bond acceptors (Lipinski definition) is 4. The number of hydrogen-bond donors (Lipinski definition) is 0. The molecular formula is C18H34O4. The SMILES string of the molecule is CCCCCCCCCCOC(=O)CCC(=O)OCC(C)C. The molecule has 0 amide bonds. The Morgan fingerprint density at radius 2 is 1.27 bits per heavy atom. The van der Waals surface area contributed by atoms with Crippen molar-refractivity contribution in [3.8, 4) is 0 Å². The lowest BCUT2D eigenvalue weighted by Crippen LogP contribution is -2.13. The third kappa shape index (κ3) is 15.3. The molecule has 0 aliphatic heterocycles. The van der Waals surface area contributed by atoms with Crippen molar-refractivity contribution in [2.45, 2.75) is 85.0 Å². The Labute approximate surface area is 135 Å². The first-order valence-corrected chi connectivity index (χ1v) is 8.87. The zero-order valence-electron chi connectivity index (χ0n) is 14.7. The van der Waals surface area contributed by atoms with Crippen LogP contribution in [-0.2, 0) is 19.1 Å². The average Bonchev–Trinajstić information content (AvgIpc) is 2.49. The Morgan fingerprint density at radius 1 is 0.773 bits per heavy atom. The van der Waals surface area contributed by atoms with Crippen molar-refractivity contribution in [3.05, 3.63) is 0 Å². The summed E-state index contributed by atoms with van der Waals surface area (Å²) >= 11 is 0. The van der Waals surface area contributed by atoms with Crippen molar-refractivity contribution in [1.29, 1.82) is 0 Å². The van der Waals surface area contributed by atoms with Gasteiger partial charge in [0.2, 0.25) is 0 Å². The zero-order chi connectivity index (χ0) is 16.6. The summed E-state index contributed by atoms with van der Waals surface area (Å²) in [5.41, 5.74) is 0. The van der Waals surface area contributed by atoms with E-state index < -0.39 is 0 Å². The molecule has 0 saturated carbocycles. The highest BCUT2D eigenvalue weighted by Gasteiger charge is 2.09. The third-order valence-electron chi connectivity index (χ3n) is 3.37. The summed E-state index contributed by atoms with van der Waals surface area (Å²) in [6, 6.07) is 0. The molecule has 0 aromatic heterocycles. The Kier molecular flexibility index (Phi) is 14.1. The first kappa shape index (κ1) is 20.9. The molecule has 0 N–H and O–H groups in total. The predicted molar refractivity (Wildman–Crippen MR) is 88.6 cm³/mol. The van der Waals surface area contributed by atoms with Crippen molar-refractivity contribution in [2.75, 3.05) is 13.2 Å². The van der Waals surface area contributed by atoms with Crippen LogP contribution >= 0.6 is 0 Å². The molecule has 0 aliphatic rings. The Bertz CT molecular complexity index is 287. The van der Waals surface area contributed by atoms with E-state index in [-0.39, 0.29) is 24.8 Å². The van der Waals surface area contributed by atoms with Crippen LogP contribution in [0.2, 0.25) is 0 Å². The maximum atomic E-state index is 11.5. The van der Waals surface area contributed by atoms with E-state index in [0.29, 0.717) is 19.1 Å². The fraction of sp³-hybridized carbons (Fsp3) is 0.889. The average molecular weight is 314 g/mol. The number of unbranched alkanes of at least 4 members (excludes halogenated alkanes) is 7. The molecule has 4 nitrogen and oxygen atoms in total. The van der Waals surface area contributed by atoms with E-state index in [1.54, 1.807) is 0 Å². The summed E-state index contributed by atoms with van der Waals surface area (Å²) < 4.78 is 10.1. The van der Waals surface area contributed by atoms with E-state index in [4.69, 9.17) is 9.47 Å². The summed E-state index contributed by atoms with van der Waals surface area (Å²) in [6.45, 7) is 7.05. The van der Waals surface area contributed by atoms with Crippen LogP contribution < -0.4 is 0 Å². The van der Waals surface area contributed by atoms with Crippen molar-refractivity contribution >= 4 is 11.9 Å². The van der Waals surface area contributed by atoms with E-state index in [0.717, 1.165) is 12.8 Å². The summed E-state index contributed by atoms with van der Waals surface area (Å²) in [7, 11) is 0. The third-order valence-corrected chi connectivity index (χ3v) is 3.37. The van der Waals surface area contributed by atoms with Crippen LogP contribution in [0.25, 0.3) is 0 Å². The second kappa shape index (κ2) is 14.9. The maximum Gasteiger partial charge on any atom is 0.306 e. The van der Waals surface area contributed by atoms with Gasteiger partial charge < -0.3 is 9.47 Å². The molecule has 130 valence electrons. The molecule has 0 fully saturated rings. The van der Waals surface area contributed by atoms with Gasteiger partial charge in [-0.2, -0.15) is 0 Å². The number of ether oxygens (including phenoxy) is 2. The molecule has 0 aromatic rings. The summed E-state index contributed by atoms with van der Waals surface area (Å²) in [5, 5.41) is 0. The summed E-state index contributed by atoms with van der Waals surface area (Å²) in [6.07, 6.45) is 9.99. The van der Waals surface area contributed by atoms with E-state index >= 15 is 0 Å². The van der Waals surface area contributed by atoms with Gasteiger partial charge in [0.15, 0.2) is 0 Å². The number of esters is 2. The predicted octanol–water partition coefficient (Wildman–Crippen LogP) is 4.65. The Balaban J connectivity index is 3.34. The largest absolute Gasteiger partial charge is 0.466 e. The van der Waals surface area contributed by atoms with Gasteiger partial charge in [-0.05, 0) is 12.3 Å². The smallest absolute Gasteiger partial charge is 0.306 e. The van der Waals surface area contributed by atoms with Crippen LogP contribution in [0.3, 0.4) is 0 Å². The highest BCUT2D eigenvalue weighted by Crippen LogP contribution is 2.08. The highest BCUT2D eigenvalue weighted by molar-refractivity contribution is 5.77. The van der Waals surface area contributed by atoms with Crippen LogP contribution in [0.5, 0.6) is 0 Å². The molecule has 0 heterocycles. The first-order chi connectivity index (χ1) is 10.6. The van der Waals surface area contributed by atoms with Gasteiger partial charge in [-0.15, -0.1) is 0 Å². The highest BCUT2D eigenvalue weighted by atomic mass is 16.5. The number of carbonyl (C=O) groups is 2. The molecule has 0 aliphatic carbocycles. The lowest BCUT2D eigenvalue weighted by molar-refractivity contribution is -0.151. The lowest BCUT2D eigenvalue weighted by Gasteiger charge is -2.07. The summed E-state index contributed by atoms with van der Waals surface area (Å²) in [5.74, 6) is -0.306. The fourth-order valence-corrected chi connectivity index (χ4v) is 2.03. The van der Waals surface area contributed by atoms with Crippen molar-refractivity contribution in [3.63, 3.8) is 0 Å². The second-order valence-electron chi connectivity index (χ2n) is 6.27. The zero-order valence-corrected chi connectivity index (χ0v) is 14.7. The van der Waals surface area contributed by atoms with Gasteiger partial charge in [-0.25, -0.2) is 0 Å². The molecule has 4 heteroatoms. The lowest BCUT2D eigenvalue weighted by atomic mass is 10.1. The molecular weight excluding hydrogens is 280 g/mol. The topological polar surface area (TPSA) is 52.6 Å². The Morgan fingerprint density at radius 3 is 1.82 bits per heavy atom. The van der Waals surface area contributed by atoms with Gasteiger partial charge in [-0.1, -0.05) is 65.7 Å². The van der Waals surface area contributed by atoms with Crippen LogP contribution in [0, 0.1) is 5.92 Å². The minimum atomic E-state index is -0.322. The maximum absolute atomic E-state index is 11.5.